The van der Waals surface area contributed by atoms with Crippen molar-refractivity contribution in [3.8, 4) is 0 Å². The Morgan fingerprint density at radius 2 is 2.00 bits per heavy atom. The van der Waals surface area contributed by atoms with E-state index in [0.29, 0.717) is 0 Å². The summed E-state index contributed by atoms with van der Waals surface area (Å²) in [6.07, 6.45) is 5.12. The maximum Gasteiger partial charge on any atom is 0.123 e. The Kier molecular flexibility index (Phi) is 5.34. The second kappa shape index (κ2) is 7.01. The summed E-state index contributed by atoms with van der Waals surface area (Å²) in [7, 11) is 0. The van der Waals surface area contributed by atoms with Gasteiger partial charge in [0.1, 0.15) is 5.82 Å². The van der Waals surface area contributed by atoms with Gasteiger partial charge in [-0.2, -0.15) is 0 Å². The molecule has 1 aromatic carbocycles. The minimum absolute atomic E-state index is 0.0102. The van der Waals surface area contributed by atoms with Gasteiger partial charge in [-0.05, 0) is 56.0 Å². The van der Waals surface area contributed by atoms with Crippen molar-refractivity contribution in [3.63, 3.8) is 0 Å². The highest BCUT2D eigenvalue weighted by molar-refractivity contribution is 5.19. The summed E-state index contributed by atoms with van der Waals surface area (Å²) < 4.78 is 12.9. The molecule has 1 aliphatic carbocycles. The molecule has 0 aromatic heterocycles. The Morgan fingerprint density at radius 3 is 2.53 bits per heavy atom. The molecule has 1 aromatic rings. The third kappa shape index (κ3) is 4.29. The van der Waals surface area contributed by atoms with Gasteiger partial charge in [0.15, 0.2) is 0 Å². The van der Waals surface area contributed by atoms with E-state index in [1.165, 1.54) is 37.9 Å². The predicted octanol–water partition coefficient (Wildman–Crippen LogP) is 3.34. The summed E-state index contributed by atoms with van der Waals surface area (Å²) in [4.78, 5) is 2.49. The van der Waals surface area contributed by atoms with Crippen LogP contribution in [0.4, 0.5) is 4.39 Å². The number of hydrogen-bond donors (Lipinski definition) is 1. The van der Waals surface area contributed by atoms with Crippen molar-refractivity contribution in [3.05, 3.63) is 35.6 Å². The van der Waals surface area contributed by atoms with E-state index in [-0.39, 0.29) is 11.9 Å². The lowest BCUT2D eigenvalue weighted by Crippen LogP contribution is -2.34. The van der Waals surface area contributed by atoms with Crippen LogP contribution < -0.4 is 5.73 Å². The van der Waals surface area contributed by atoms with Crippen LogP contribution in [-0.2, 0) is 0 Å². The van der Waals surface area contributed by atoms with Crippen LogP contribution in [0, 0.1) is 11.7 Å². The van der Waals surface area contributed by atoms with Crippen molar-refractivity contribution in [1.29, 1.82) is 0 Å². The highest BCUT2D eigenvalue weighted by Gasteiger charge is 2.20. The minimum Gasteiger partial charge on any atom is -0.324 e. The SMILES string of the molecule is CCN(CCC(N)c1ccc(F)cc1)CC1CCC1. The normalized spacial score (nSPS) is 17.5. The lowest BCUT2D eigenvalue weighted by Gasteiger charge is -2.32. The van der Waals surface area contributed by atoms with Gasteiger partial charge in [0, 0.05) is 12.6 Å². The summed E-state index contributed by atoms with van der Waals surface area (Å²) in [5.41, 5.74) is 7.21. The van der Waals surface area contributed by atoms with Gasteiger partial charge >= 0.3 is 0 Å². The van der Waals surface area contributed by atoms with Gasteiger partial charge in [0.2, 0.25) is 0 Å². The quantitative estimate of drug-likeness (QED) is 0.818. The van der Waals surface area contributed by atoms with Crippen LogP contribution in [0.5, 0.6) is 0 Å². The molecular formula is C16H25FN2. The van der Waals surface area contributed by atoms with Crippen LogP contribution in [0.25, 0.3) is 0 Å². The fourth-order valence-corrected chi connectivity index (χ4v) is 2.62. The smallest absolute Gasteiger partial charge is 0.123 e. The van der Waals surface area contributed by atoms with Crippen molar-refractivity contribution in [2.24, 2.45) is 11.7 Å². The van der Waals surface area contributed by atoms with E-state index < -0.39 is 0 Å². The highest BCUT2D eigenvalue weighted by atomic mass is 19.1. The van der Waals surface area contributed by atoms with E-state index in [4.69, 9.17) is 5.73 Å². The molecule has 19 heavy (non-hydrogen) atoms. The van der Waals surface area contributed by atoms with Crippen molar-refractivity contribution in [2.45, 2.75) is 38.6 Å². The topological polar surface area (TPSA) is 29.3 Å². The van der Waals surface area contributed by atoms with Gasteiger partial charge in [0.05, 0.1) is 0 Å². The summed E-state index contributed by atoms with van der Waals surface area (Å²) in [6.45, 7) is 5.55. The third-order valence-electron chi connectivity index (χ3n) is 4.24. The fraction of sp³-hybridized carbons (Fsp3) is 0.625. The molecule has 1 unspecified atom stereocenters. The first-order valence-corrected chi connectivity index (χ1v) is 7.42. The number of halogens is 1. The number of benzene rings is 1. The second-order valence-electron chi connectivity index (χ2n) is 5.64. The first-order valence-electron chi connectivity index (χ1n) is 7.42. The number of nitrogens with zero attached hydrogens (tertiary/aromatic N) is 1. The molecule has 1 aliphatic rings. The van der Waals surface area contributed by atoms with E-state index in [2.05, 4.69) is 11.8 Å². The number of hydrogen-bond acceptors (Lipinski definition) is 2. The zero-order valence-electron chi connectivity index (χ0n) is 11.8. The molecule has 0 spiro atoms. The van der Waals surface area contributed by atoms with Crippen molar-refractivity contribution in [1.82, 2.24) is 4.90 Å². The molecule has 2 nitrogen and oxygen atoms in total. The Morgan fingerprint density at radius 1 is 1.32 bits per heavy atom. The molecule has 0 bridgehead atoms. The van der Waals surface area contributed by atoms with Crippen LogP contribution in [0.1, 0.15) is 44.2 Å². The average molecular weight is 264 g/mol. The van der Waals surface area contributed by atoms with Crippen molar-refractivity contribution < 1.29 is 4.39 Å². The molecule has 0 saturated heterocycles. The molecule has 2 N–H and O–H groups in total. The fourth-order valence-electron chi connectivity index (χ4n) is 2.62. The average Bonchev–Trinajstić information content (AvgIpc) is 2.37. The van der Waals surface area contributed by atoms with Crippen LogP contribution >= 0.6 is 0 Å². The predicted molar refractivity (Wildman–Crippen MR) is 77.4 cm³/mol. The number of nitrogens with two attached hydrogens (primary N) is 1. The summed E-state index contributed by atoms with van der Waals surface area (Å²) in [5.74, 6) is 0.707. The van der Waals surface area contributed by atoms with E-state index in [9.17, 15) is 4.39 Å². The van der Waals surface area contributed by atoms with Gasteiger partial charge in [-0.3, -0.25) is 0 Å². The monoisotopic (exact) mass is 264 g/mol. The van der Waals surface area contributed by atoms with Gasteiger partial charge in [-0.15, -0.1) is 0 Å². The van der Waals surface area contributed by atoms with E-state index in [1.807, 2.05) is 0 Å². The van der Waals surface area contributed by atoms with Crippen LogP contribution in [0.15, 0.2) is 24.3 Å². The lowest BCUT2D eigenvalue weighted by molar-refractivity contribution is 0.180. The van der Waals surface area contributed by atoms with Crippen LogP contribution in [0.2, 0.25) is 0 Å². The molecule has 0 amide bonds. The molecule has 0 aliphatic heterocycles. The van der Waals surface area contributed by atoms with Gasteiger partial charge in [0.25, 0.3) is 0 Å². The number of rotatable bonds is 7. The molecular weight excluding hydrogens is 239 g/mol. The van der Waals surface area contributed by atoms with Crippen molar-refractivity contribution in [2.75, 3.05) is 19.6 Å². The van der Waals surface area contributed by atoms with Gasteiger partial charge < -0.3 is 10.6 Å². The first kappa shape index (κ1) is 14.5. The maximum atomic E-state index is 12.9. The lowest BCUT2D eigenvalue weighted by atomic mass is 9.85. The van der Waals surface area contributed by atoms with E-state index in [0.717, 1.165) is 31.0 Å². The molecule has 1 atom stereocenters. The molecule has 0 radical (unpaired) electrons. The maximum absolute atomic E-state index is 12.9. The Labute approximate surface area is 115 Å². The first-order chi connectivity index (χ1) is 9.19. The summed E-state index contributed by atoms with van der Waals surface area (Å²) >= 11 is 0. The Bertz CT molecular complexity index is 373. The molecule has 106 valence electrons. The summed E-state index contributed by atoms with van der Waals surface area (Å²) in [6, 6.07) is 6.57. The molecule has 3 heteroatoms. The standard InChI is InChI=1S/C16H25FN2/c1-2-19(12-13-4-3-5-13)11-10-16(18)14-6-8-15(17)9-7-14/h6-9,13,16H,2-5,10-12,18H2,1H3. The molecule has 0 heterocycles. The van der Waals surface area contributed by atoms with E-state index >= 15 is 0 Å². The zero-order chi connectivity index (χ0) is 13.7. The minimum atomic E-state index is -0.198. The van der Waals surface area contributed by atoms with Gasteiger partial charge in [-0.25, -0.2) is 4.39 Å². The van der Waals surface area contributed by atoms with Gasteiger partial charge in [-0.1, -0.05) is 25.5 Å². The van der Waals surface area contributed by atoms with Crippen molar-refractivity contribution >= 4 is 0 Å². The third-order valence-corrected chi connectivity index (χ3v) is 4.24. The van der Waals surface area contributed by atoms with E-state index in [1.54, 1.807) is 12.1 Å². The van der Waals surface area contributed by atoms with Crippen LogP contribution in [-0.4, -0.2) is 24.5 Å². The Balaban J connectivity index is 1.77. The Hall–Kier alpha value is -0.930. The summed E-state index contributed by atoms with van der Waals surface area (Å²) in [5, 5.41) is 0. The zero-order valence-corrected chi connectivity index (χ0v) is 11.8. The molecule has 1 saturated carbocycles. The molecule has 2 rings (SSSR count). The second-order valence-corrected chi connectivity index (χ2v) is 5.64. The van der Waals surface area contributed by atoms with Crippen LogP contribution in [0.3, 0.4) is 0 Å². The largest absolute Gasteiger partial charge is 0.324 e. The highest BCUT2D eigenvalue weighted by Crippen LogP contribution is 2.27. The molecule has 1 fully saturated rings.